The molecule has 2 aromatic rings. The number of hydrogen-bond donors (Lipinski definition) is 5. The van der Waals surface area contributed by atoms with Gasteiger partial charge < -0.3 is 30.5 Å². The number of rotatable bonds is 6. The zero-order valence-electron chi connectivity index (χ0n) is 13.6. The molecule has 3 rings (SSSR count). The van der Waals surface area contributed by atoms with Gasteiger partial charge in [0.2, 0.25) is 0 Å². The first kappa shape index (κ1) is 17.7. The molecule has 10 nitrogen and oxygen atoms in total. The molecule has 1 aliphatic heterocycles. The molecule has 2 aromatic heterocycles. The van der Waals surface area contributed by atoms with E-state index in [0.29, 0.717) is 23.5 Å². The van der Waals surface area contributed by atoms with Gasteiger partial charge in [-0.05, 0) is 6.92 Å². The van der Waals surface area contributed by atoms with Crippen molar-refractivity contribution in [3.05, 3.63) is 24.3 Å². The highest BCUT2D eigenvalue weighted by atomic mass is 16.6. The summed E-state index contributed by atoms with van der Waals surface area (Å²) in [5, 5.41) is 41.4. The van der Waals surface area contributed by atoms with Crippen molar-refractivity contribution in [2.24, 2.45) is 0 Å². The van der Waals surface area contributed by atoms with Crippen LogP contribution in [0.1, 0.15) is 13.2 Å². The summed E-state index contributed by atoms with van der Waals surface area (Å²) in [6, 6.07) is 0. The van der Waals surface area contributed by atoms with Crippen molar-refractivity contribution in [3.8, 4) is 0 Å². The Hall–Kier alpha value is -2.11. The summed E-state index contributed by atoms with van der Waals surface area (Å²) >= 11 is 0. The molecule has 0 saturated carbocycles. The van der Waals surface area contributed by atoms with Crippen LogP contribution in [0.4, 0.5) is 5.82 Å². The van der Waals surface area contributed by atoms with E-state index in [0.717, 1.165) is 5.57 Å². The molecule has 0 aliphatic carbocycles. The van der Waals surface area contributed by atoms with Crippen LogP contribution in [-0.2, 0) is 4.74 Å². The standard InChI is InChI=1S/C15H21N5O5/c1-8(4-21)2-3-16-13-10-14(18-6-17-13)20(7-19-10)15-12(24)11(23)9(5-22)25-15/h2,6-7,9,11-12,15,21-24H,3-5H2,1H3,(H,16,17,18)/t9-,11+,12-,15-/m0/s1. The zero-order chi connectivity index (χ0) is 18.0. The molecular weight excluding hydrogens is 330 g/mol. The maximum absolute atomic E-state index is 10.2. The van der Waals surface area contributed by atoms with Crippen LogP contribution in [0.2, 0.25) is 0 Å². The van der Waals surface area contributed by atoms with E-state index in [9.17, 15) is 15.3 Å². The highest BCUT2D eigenvalue weighted by Gasteiger charge is 2.44. The van der Waals surface area contributed by atoms with Crippen LogP contribution < -0.4 is 5.32 Å². The Labute approximate surface area is 143 Å². The van der Waals surface area contributed by atoms with Crippen LogP contribution >= 0.6 is 0 Å². The fourth-order valence-electron chi connectivity index (χ4n) is 2.66. The second kappa shape index (κ2) is 7.42. The lowest BCUT2D eigenvalue weighted by Crippen LogP contribution is -2.33. The summed E-state index contributed by atoms with van der Waals surface area (Å²) in [5.74, 6) is 0.498. The average Bonchev–Trinajstić information content (AvgIpc) is 3.17. The van der Waals surface area contributed by atoms with Crippen LogP contribution in [0, 0.1) is 0 Å². The number of aliphatic hydroxyl groups is 4. The van der Waals surface area contributed by atoms with E-state index >= 15 is 0 Å². The van der Waals surface area contributed by atoms with Crippen molar-refractivity contribution in [1.29, 1.82) is 0 Å². The second-order valence-electron chi connectivity index (χ2n) is 5.86. The fraction of sp³-hybridized carbons (Fsp3) is 0.533. The van der Waals surface area contributed by atoms with Crippen LogP contribution in [0.3, 0.4) is 0 Å². The molecule has 0 bridgehead atoms. The molecule has 0 aromatic carbocycles. The third-order valence-electron chi connectivity index (χ3n) is 4.12. The van der Waals surface area contributed by atoms with E-state index < -0.39 is 31.1 Å². The molecule has 25 heavy (non-hydrogen) atoms. The largest absolute Gasteiger partial charge is 0.394 e. The molecule has 4 atom stereocenters. The van der Waals surface area contributed by atoms with Crippen LogP contribution in [0.25, 0.3) is 11.2 Å². The topological polar surface area (TPSA) is 146 Å². The fourth-order valence-corrected chi connectivity index (χ4v) is 2.66. The monoisotopic (exact) mass is 351 g/mol. The van der Waals surface area contributed by atoms with Crippen LogP contribution in [0.15, 0.2) is 24.3 Å². The maximum atomic E-state index is 10.2. The van der Waals surface area contributed by atoms with Crippen molar-refractivity contribution in [2.75, 3.05) is 25.1 Å². The Morgan fingerprint density at radius 3 is 2.76 bits per heavy atom. The van der Waals surface area contributed by atoms with Gasteiger partial charge in [0.25, 0.3) is 0 Å². The molecule has 0 amide bonds. The van der Waals surface area contributed by atoms with Crippen molar-refractivity contribution in [3.63, 3.8) is 0 Å². The molecule has 1 fully saturated rings. The second-order valence-corrected chi connectivity index (χ2v) is 5.86. The predicted octanol–water partition coefficient (Wildman–Crippen LogP) is -1.21. The predicted molar refractivity (Wildman–Crippen MR) is 87.7 cm³/mol. The van der Waals surface area contributed by atoms with Crippen molar-refractivity contribution < 1.29 is 25.2 Å². The number of fused-ring (bicyclic) bond motifs is 1. The number of imidazole rings is 1. The van der Waals surface area contributed by atoms with E-state index in [2.05, 4.69) is 20.3 Å². The maximum Gasteiger partial charge on any atom is 0.167 e. The third-order valence-corrected chi connectivity index (χ3v) is 4.12. The van der Waals surface area contributed by atoms with Gasteiger partial charge in [0.15, 0.2) is 23.2 Å². The Kier molecular flexibility index (Phi) is 5.25. The number of nitrogens with one attached hydrogen (secondary N) is 1. The van der Waals surface area contributed by atoms with Gasteiger partial charge in [-0.2, -0.15) is 0 Å². The molecule has 5 N–H and O–H groups in total. The number of hydrogen-bond acceptors (Lipinski definition) is 9. The summed E-state index contributed by atoms with van der Waals surface area (Å²) in [4.78, 5) is 12.6. The first-order valence-corrected chi connectivity index (χ1v) is 7.87. The van der Waals surface area contributed by atoms with Gasteiger partial charge in [0.1, 0.15) is 24.6 Å². The minimum Gasteiger partial charge on any atom is -0.394 e. The summed E-state index contributed by atoms with van der Waals surface area (Å²) in [6.07, 6.45) is 0.443. The van der Waals surface area contributed by atoms with Gasteiger partial charge in [-0.15, -0.1) is 0 Å². The van der Waals surface area contributed by atoms with Crippen molar-refractivity contribution in [1.82, 2.24) is 19.5 Å². The molecule has 3 heterocycles. The summed E-state index contributed by atoms with van der Waals surface area (Å²) in [7, 11) is 0. The lowest BCUT2D eigenvalue weighted by molar-refractivity contribution is -0.0511. The van der Waals surface area contributed by atoms with Gasteiger partial charge in [0.05, 0.1) is 19.5 Å². The number of ether oxygens (including phenoxy) is 1. The van der Waals surface area contributed by atoms with E-state index in [1.54, 1.807) is 0 Å². The van der Waals surface area contributed by atoms with E-state index in [1.165, 1.54) is 17.2 Å². The third kappa shape index (κ3) is 3.34. The number of anilines is 1. The molecule has 136 valence electrons. The lowest BCUT2D eigenvalue weighted by atomic mass is 10.1. The average molecular weight is 351 g/mol. The molecule has 10 heteroatoms. The van der Waals surface area contributed by atoms with Gasteiger partial charge in [-0.25, -0.2) is 15.0 Å². The van der Waals surface area contributed by atoms with Gasteiger partial charge >= 0.3 is 0 Å². The smallest absolute Gasteiger partial charge is 0.167 e. The first-order valence-electron chi connectivity index (χ1n) is 7.87. The van der Waals surface area contributed by atoms with E-state index in [4.69, 9.17) is 9.84 Å². The molecule has 1 saturated heterocycles. The van der Waals surface area contributed by atoms with Gasteiger partial charge in [-0.1, -0.05) is 11.6 Å². The Morgan fingerprint density at radius 2 is 2.08 bits per heavy atom. The minimum atomic E-state index is -1.21. The van der Waals surface area contributed by atoms with E-state index in [-0.39, 0.29) is 6.61 Å². The van der Waals surface area contributed by atoms with E-state index in [1.807, 2.05) is 13.0 Å². The first-order chi connectivity index (χ1) is 12.1. The lowest BCUT2D eigenvalue weighted by Gasteiger charge is -2.16. The molecule has 0 spiro atoms. The summed E-state index contributed by atoms with van der Waals surface area (Å²) in [6.45, 7) is 1.85. The van der Waals surface area contributed by atoms with Crippen molar-refractivity contribution in [2.45, 2.75) is 31.5 Å². The van der Waals surface area contributed by atoms with Crippen molar-refractivity contribution >= 4 is 17.0 Å². The molecule has 0 radical (unpaired) electrons. The summed E-state index contributed by atoms with van der Waals surface area (Å²) < 4.78 is 7.01. The molecule has 1 aliphatic rings. The van der Waals surface area contributed by atoms with Gasteiger partial charge in [0, 0.05) is 6.54 Å². The van der Waals surface area contributed by atoms with Crippen LogP contribution in [0.5, 0.6) is 0 Å². The highest BCUT2D eigenvalue weighted by Crippen LogP contribution is 2.31. The Balaban J connectivity index is 1.86. The SMILES string of the molecule is CC(=CCNc1ncnc2c1ncn2[C@H]1O[C@@H](CO)[C@@H](O)[C@@H]1O)CO. The normalized spacial score (nSPS) is 27.2. The highest BCUT2D eigenvalue weighted by molar-refractivity contribution is 5.82. The number of aromatic nitrogens is 4. The number of nitrogens with zero attached hydrogens (tertiary/aromatic N) is 4. The quantitative estimate of drug-likeness (QED) is 0.404. The Bertz CT molecular complexity index is 764. The molecule has 0 unspecified atom stereocenters. The van der Waals surface area contributed by atoms with Gasteiger partial charge in [-0.3, -0.25) is 4.57 Å². The number of aliphatic hydroxyl groups excluding tert-OH is 4. The van der Waals surface area contributed by atoms with Crippen LogP contribution in [-0.4, -0.2) is 78.0 Å². The zero-order valence-corrected chi connectivity index (χ0v) is 13.6. The Morgan fingerprint density at radius 1 is 1.28 bits per heavy atom. The minimum absolute atomic E-state index is 0.0131. The molecular formula is C15H21N5O5. The summed E-state index contributed by atoms with van der Waals surface area (Å²) in [5.41, 5.74) is 1.74.